The predicted octanol–water partition coefficient (Wildman–Crippen LogP) is 3.31. The molecule has 5 heteroatoms. The lowest BCUT2D eigenvalue weighted by molar-refractivity contribution is 0.986. The van der Waals surface area contributed by atoms with Gasteiger partial charge in [-0.3, -0.25) is 14.5 Å². The quantitative estimate of drug-likeness (QED) is 0.789. The number of hydrogen-bond donors (Lipinski definition) is 1. The summed E-state index contributed by atoms with van der Waals surface area (Å²) in [5.41, 5.74) is 3.14. The standard InChI is InChI=1S/C19H14N4O/c24-19-18-17(16(21-22-18)14-9-5-4-6-10-14)20-13-23(19)15-11-7-2-1-3-8-12-15/h1-13H,(H,21,22). The summed E-state index contributed by atoms with van der Waals surface area (Å²) in [6, 6.07) is 9.69. The summed E-state index contributed by atoms with van der Waals surface area (Å²) in [6.07, 6.45) is 14.8. The molecule has 24 heavy (non-hydrogen) atoms. The molecule has 0 amide bonds. The zero-order valence-electron chi connectivity index (χ0n) is 12.8. The van der Waals surface area contributed by atoms with E-state index in [1.165, 1.54) is 4.57 Å². The summed E-state index contributed by atoms with van der Waals surface area (Å²) in [6.45, 7) is 0. The van der Waals surface area contributed by atoms with E-state index in [1.807, 2.05) is 72.9 Å². The van der Waals surface area contributed by atoms with Gasteiger partial charge in [0, 0.05) is 5.56 Å². The third kappa shape index (κ3) is 2.42. The minimum absolute atomic E-state index is 0.177. The molecule has 0 unspecified atom stereocenters. The topological polar surface area (TPSA) is 63.6 Å². The molecular weight excluding hydrogens is 300 g/mol. The third-order valence-electron chi connectivity index (χ3n) is 3.78. The maximum absolute atomic E-state index is 12.8. The Bertz CT molecular complexity index is 1070. The zero-order valence-corrected chi connectivity index (χ0v) is 12.8. The van der Waals surface area contributed by atoms with E-state index >= 15 is 0 Å². The van der Waals surface area contributed by atoms with Crippen molar-refractivity contribution in [3.63, 3.8) is 0 Å². The van der Waals surface area contributed by atoms with Crippen molar-refractivity contribution in [2.45, 2.75) is 0 Å². The Morgan fingerprint density at radius 3 is 2.62 bits per heavy atom. The van der Waals surface area contributed by atoms with Crippen LogP contribution in [0.1, 0.15) is 0 Å². The van der Waals surface area contributed by atoms with Crippen LogP contribution in [0, 0.1) is 0 Å². The number of aromatic amines is 1. The second-order valence-corrected chi connectivity index (χ2v) is 5.30. The summed E-state index contributed by atoms with van der Waals surface area (Å²) in [4.78, 5) is 17.3. The fraction of sp³-hybridized carbons (Fsp3) is 0. The molecule has 0 radical (unpaired) electrons. The maximum atomic E-state index is 12.8. The molecule has 3 aromatic rings. The molecule has 4 rings (SSSR count). The van der Waals surface area contributed by atoms with Gasteiger partial charge < -0.3 is 0 Å². The van der Waals surface area contributed by atoms with Gasteiger partial charge in [-0.1, -0.05) is 60.7 Å². The predicted molar refractivity (Wildman–Crippen MR) is 95.3 cm³/mol. The highest BCUT2D eigenvalue weighted by Gasteiger charge is 2.14. The summed E-state index contributed by atoms with van der Waals surface area (Å²) < 4.78 is 1.51. The summed E-state index contributed by atoms with van der Waals surface area (Å²) in [5, 5.41) is 7.12. The fourth-order valence-corrected chi connectivity index (χ4v) is 2.60. The molecule has 0 aliphatic heterocycles. The van der Waals surface area contributed by atoms with Gasteiger partial charge in [-0.2, -0.15) is 5.10 Å². The van der Waals surface area contributed by atoms with Gasteiger partial charge in [-0.25, -0.2) is 4.98 Å². The molecule has 2 heterocycles. The molecule has 0 bridgehead atoms. The van der Waals surface area contributed by atoms with Gasteiger partial charge in [0.25, 0.3) is 5.56 Å². The Balaban J connectivity index is 1.87. The van der Waals surface area contributed by atoms with Gasteiger partial charge in [0.2, 0.25) is 0 Å². The first-order valence-corrected chi connectivity index (χ1v) is 7.58. The SMILES string of the molecule is O=c1c2[nH]nc(-c3ccccc3)c2ncn1C1=CC=CC=CC=C1. The highest BCUT2D eigenvalue weighted by molar-refractivity contribution is 5.89. The van der Waals surface area contributed by atoms with Crippen LogP contribution in [0.4, 0.5) is 0 Å². The van der Waals surface area contributed by atoms with Gasteiger partial charge >= 0.3 is 0 Å². The second kappa shape index (κ2) is 5.96. The van der Waals surface area contributed by atoms with E-state index < -0.39 is 0 Å². The molecule has 0 saturated heterocycles. The van der Waals surface area contributed by atoms with E-state index in [-0.39, 0.29) is 5.56 Å². The molecule has 1 aliphatic carbocycles. The number of allylic oxidation sites excluding steroid dienone is 8. The van der Waals surface area contributed by atoms with Crippen molar-refractivity contribution < 1.29 is 0 Å². The van der Waals surface area contributed by atoms with Crippen molar-refractivity contribution in [1.82, 2.24) is 19.7 Å². The van der Waals surface area contributed by atoms with Crippen LogP contribution in [0.5, 0.6) is 0 Å². The smallest absolute Gasteiger partial charge is 0.270 e. The van der Waals surface area contributed by atoms with Crippen LogP contribution in [0.25, 0.3) is 28.0 Å². The first kappa shape index (κ1) is 14.1. The normalized spacial score (nSPS) is 13.8. The number of aromatic nitrogens is 4. The Labute approximate surface area is 138 Å². The second-order valence-electron chi connectivity index (χ2n) is 5.30. The van der Waals surface area contributed by atoms with E-state index in [1.54, 1.807) is 6.33 Å². The van der Waals surface area contributed by atoms with Crippen LogP contribution in [-0.4, -0.2) is 19.7 Å². The third-order valence-corrected chi connectivity index (χ3v) is 3.78. The summed E-state index contributed by atoms with van der Waals surface area (Å²) in [7, 11) is 0. The molecular formula is C19H14N4O. The minimum Gasteiger partial charge on any atom is -0.270 e. The molecule has 1 N–H and O–H groups in total. The number of nitrogens with one attached hydrogen (secondary N) is 1. The van der Waals surface area contributed by atoms with Crippen molar-refractivity contribution in [2.24, 2.45) is 0 Å². The number of fused-ring (bicyclic) bond motifs is 1. The lowest BCUT2D eigenvalue weighted by Crippen LogP contribution is -2.19. The zero-order chi connectivity index (χ0) is 16.4. The van der Waals surface area contributed by atoms with E-state index in [4.69, 9.17) is 0 Å². The number of rotatable bonds is 2. The van der Waals surface area contributed by atoms with Gasteiger partial charge in [0.1, 0.15) is 17.5 Å². The Kier molecular flexibility index (Phi) is 3.51. The van der Waals surface area contributed by atoms with Crippen molar-refractivity contribution in [3.8, 4) is 11.3 Å². The van der Waals surface area contributed by atoms with Crippen LogP contribution in [0.2, 0.25) is 0 Å². The van der Waals surface area contributed by atoms with E-state index in [0.717, 1.165) is 11.3 Å². The molecule has 0 fully saturated rings. The lowest BCUT2D eigenvalue weighted by Gasteiger charge is -2.06. The first-order chi connectivity index (χ1) is 11.8. The van der Waals surface area contributed by atoms with Gasteiger partial charge in [0.15, 0.2) is 5.52 Å². The van der Waals surface area contributed by atoms with Crippen LogP contribution in [0.3, 0.4) is 0 Å². The van der Waals surface area contributed by atoms with Gasteiger partial charge in [-0.05, 0) is 12.2 Å². The highest BCUT2D eigenvalue weighted by Crippen LogP contribution is 2.22. The fourth-order valence-electron chi connectivity index (χ4n) is 2.60. The minimum atomic E-state index is -0.177. The summed E-state index contributed by atoms with van der Waals surface area (Å²) in [5.74, 6) is 0. The van der Waals surface area contributed by atoms with Gasteiger partial charge in [-0.15, -0.1) is 0 Å². The van der Waals surface area contributed by atoms with Crippen molar-refractivity contribution in [1.29, 1.82) is 0 Å². The van der Waals surface area contributed by atoms with Crippen LogP contribution in [0.15, 0.2) is 84.0 Å². The number of benzene rings is 1. The molecule has 0 saturated carbocycles. The van der Waals surface area contributed by atoms with Crippen molar-refractivity contribution >= 4 is 16.7 Å². The van der Waals surface area contributed by atoms with Crippen LogP contribution in [-0.2, 0) is 0 Å². The summed E-state index contributed by atoms with van der Waals surface area (Å²) >= 11 is 0. The van der Waals surface area contributed by atoms with Crippen molar-refractivity contribution in [2.75, 3.05) is 0 Å². The molecule has 5 nitrogen and oxygen atoms in total. The monoisotopic (exact) mass is 314 g/mol. The number of nitrogens with zero attached hydrogens (tertiary/aromatic N) is 3. The molecule has 116 valence electrons. The van der Waals surface area contributed by atoms with Crippen LogP contribution < -0.4 is 5.56 Å². The lowest BCUT2D eigenvalue weighted by atomic mass is 10.1. The maximum Gasteiger partial charge on any atom is 0.283 e. The van der Waals surface area contributed by atoms with Crippen molar-refractivity contribution in [3.05, 3.63) is 89.5 Å². The highest BCUT2D eigenvalue weighted by atomic mass is 16.1. The molecule has 1 aromatic carbocycles. The van der Waals surface area contributed by atoms with E-state index in [2.05, 4.69) is 15.2 Å². The number of hydrogen-bond acceptors (Lipinski definition) is 3. The Hall–Kier alpha value is -3.47. The molecule has 2 aromatic heterocycles. The molecule has 0 spiro atoms. The van der Waals surface area contributed by atoms with E-state index in [9.17, 15) is 4.79 Å². The number of H-pyrrole nitrogens is 1. The first-order valence-electron chi connectivity index (χ1n) is 7.58. The average molecular weight is 314 g/mol. The van der Waals surface area contributed by atoms with Crippen LogP contribution >= 0.6 is 0 Å². The molecule has 1 aliphatic rings. The average Bonchev–Trinajstić information content (AvgIpc) is 3.01. The van der Waals surface area contributed by atoms with E-state index in [0.29, 0.717) is 16.7 Å². The Morgan fingerprint density at radius 2 is 1.75 bits per heavy atom. The molecule has 0 atom stereocenters. The largest absolute Gasteiger partial charge is 0.283 e. The Morgan fingerprint density at radius 1 is 0.958 bits per heavy atom. The van der Waals surface area contributed by atoms with Gasteiger partial charge in [0.05, 0.1) is 5.70 Å².